The van der Waals surface area contributed by atoms with Crippen LogP contribution in [0.3, 0.4) is 0 Å². The van der Waals surface area contributed by atoms with Crippen LogP contribution in [0.4, 0.5) is 32.0 Å². The van der Waals surface area contributed by atoms with E-state index in [0.717, 1.165) is 36.4 Å². The fraction of sp³-hybridized carbons (Fsp3) is 0.300. The number of para-hydroxylation sites is 1. The van der Waals surface area contributed by atoms with E-state index in [0.29, 0.717) is 0 Å². The van der Waals surface area contributed by atoms with Crippen molar-refractivity contribution in [1.29, 1.82) is 0 Å². The van der Waals surface area contributed by atoms with Crippen LogP contribution in [0, 0.1) is 5.92 Å². The molecular formula is C20H17F6N3O2. The van der Waals surface area contributed by atoms with Gasteiger partial charge >= 0.3 is 12.4 Å². The summed E-state index contributed by atoms with van der Waals surface area (Å²) in [5.41, 5.74) is -2.74. The second-order valence-corrected chi connectivity index (χ2v) is 7.01. The molecule has 5 nitrogen and oxygen atoms in total. The van der Waals surface area contributed by atoms with Crippen molar-refractivity contribution in [3.8, 4) is 0 Å². The number of carbonyl (C=O) groups is 2. The Hall–Kier alpha value is -3.08. The van der Waals surface area contributed by atoms with Gasteiger partial charge in [-0.15, -0.1) is 0 Å². The lowest BCUT2D eigenvalue weighted by Gasteiger charge is -2.33. The molecule has 1 saturated heterocycles. The average molecular weight is 445 g/mol. The Morgan fingerprint density at radius 3 is 2.32 bits per heavy atom. The molecule has 1 heterocycles. The van der Waals surface area contributed by atoms with Crippen LogP contribution in [0.1, 0.15) is 29.0 Å². The molecule has 0 aliphatic carbocycles. The van der Waals surface area contributed by atoms with Crippen LogP contribution in [0.5, 0.6) is 0 Å². The van der Waals surface area contributed by atoms with Gasteiger partial charge in [0.15, 0.2) is 0 Å². The number of nitrogens with one attached hydrogen (secondary N) is 1. The van der Waals surface area contributed by atoms with Crippen LogP contribution in [0.15, 0.2) is 48.5 Å². The number of nitrogens with two attached hydrogens (primary N) is 1. The highest BCUT2D eigenvalue weighted by Crippen LogP contribution is 2.39. The zero-order chi connectivity index (χ0) is 23.0. The van der Waals surface area contributed by atoms with Gasteiger partial charge in [-0.2, -0.15) is 26.3 Å². The molecule has 3 N–H and O–H groups in total. The Kier molecular flexibility index (Phi) is 5.99. The van der Waals surface area contributed by atoms with E-state index in [1.807, 2.05) is 0 Å². The number of nitrogens with zero attached hydrogens (tertiary/aromatic N) is 1. The summed E-state index contributed by atoms with van der Waals surface area (Å²) in [6.45, 7) is 0.0905. The zero-order valence-corrected chi connectivity index (χ0v) is 15.8. The van der Waals surface area contributed by atoms with Crippen LogP contribution in [-0.2, 0) is 21.9 Å². The summed E-state index contributed by atoms with van der Waals surface area (Å²) >= 11 is 0. The van der Waals surface area contributed by atoms with Crippen molar-refractivity contribution in [1.82, 2.24) is 5.32 Å². The molecule has 2 atom stereocenters. The maximum atomic E-state index is 13.3. The third kappa shape index (κ3) is 4.66. The van der Waals surface area contributed by atoms with E-state index in [9.17, 15) is 35.9 Å². The van der Waals surface area contributed by atoms with E-state index in [2.05, 4.69) is 5.32 Å². The number of amides is 2. The molecule has 11 heteroatoms. The van der Waals surface area contributed by atoms with Gasteiger partial charge in [-0.1, -0.05) is 30.3 Å². The summed E-state index contributed by atoms with van der Waals surface area (Å²) in [6.07, 6.45) is -9.35. The normalized spacial score (nSPS) is 19.6. The lowest BCUT2D eigenvalue weighted by molar-refractivity contribution is -0.138. The van der Waals surface area contributed by atoms with E-state index in [1.165, 1.54) is 12.1 Å². The first-order valence-corrected chi connectivity index (χ1v) is 9.11. The topological polar surface area (TPSA) is 75.4 Å². The molecule has 3 rings (SSSR count). The molecule has 2 aromatic carbocycles. The van der Waals surface area contributed by atoms with Gasteiger partial charge < -0.3 is 5.32 Å². The van der Waals surface area contributed by atoms with Crippen molar-refractivity contribution in [2.24, 2.45) is 11.8 Å². The number of rotatable bonds is 3. The maximum absolute atomic E-state index is 13.3. The van der Waals surface area contributed by atoms with Crippen LogP contribution in [0.2, 0.25) is 0 Å². The fourth-order valence-corrected chi connectivity index (χ4v) is 3.59. The Balaban J connectivity index is 2.00. The quantitative estimate of drug-likeness (QED) is 0.248. The Morgan fingerprint density at radius 2 is 1.68 bits per heavy atom. The Labute approximate surface area is 172 Å². The highest BCUT2D eigenvalue weighted by molar-refractivity contribution is 6.08. The molecule has 0 radical (unpaired) electrons. The number of piperidine rings is 1. The Morgan fingerprint density at radius 1 is 1.00 bits per heavy atom. The molecule has 0 aromatic heterocycles. The minimum atomic E-state index is -4.82. The smallest absolute Gasteiger partial charge is 0.355 e. The van der Waals surface area contributed by atoms with Crippen molar-refractivity contribution in [2.75, 3.05) is 11.6 Å². The SMILES string of the molecule is NN(C(=O)C1C(=O)NCCC1c1cccc(C(F)(F)F)c1)c1ccccc1C(F)(F)F. The molecule has 0 bridgehead atoms. The number of anilines is 1. The maximum Gasteiger partial charge on any atom is 0.418 e. The molecule has 2 unspecified atom stereocenters. The lowest BCUT2D eigenvalue weighted by Crippen LogP contribution is -2.52. The van der Waals surface area contributed by atoms with Gasteiger partial charge in [0, 0.05) is 12.5 Å². The number of halogens is 6. The molecule has 1 fully saturated rings. The number of hydrogen-bond donors (Lipinski definition) is 2. The molecular weight excluding hydrogens is 428 g/mol. The van der Waals surface area contributed by atoms with E-state index in [-0.39, 0.29) is 23.5 Å². The van der Waals surface area contributed by atoms with E-state index in [4.69, 9.17) is 5.84 Å². The minimum Gasteiger partial charge on any atom is -0.355 e. The molecule has 166 valence electrons. The lowest BCUT2D eigenvalue weighted by atomic mass is 9.79. The molecule has 31 heavy (non-hydrogen) atoms. The summed E-state index contributed by atoms with van der Waals surface area (Å²) in [6, 6.07) is 8.21. The van der Waals surface area contributed by atoms with E-state index < -0.39 is 52.8 Å². The standard InChI is InChI=1S/C20H17F6N3O2/c21-19(22,23)12-5-3-4-11(10-12)13-8-9-28-17(30)16(13)18(31)29(27)15-7-2-1-6-14(15)20(24,25)26/h1-7,10,13,16H,8-9,27H2,(H,28,30). The second kappa shape index (κ2) is 8.22. The summed E-state index contributed by atoms with van der Waals surface area (Å²) in [5.74, 6) is 1.13. The predicted octanol–water partition coefficient (Wildman–Crippen LogP) is 3.85. The monoisotopic (exact) mass is 445 g/mol. The average Bonchev–Trinajstić information content (AvgIpc) is 2.71. The number of hydrogen-bond acceptors (Lipinski definition) is 3. The van der Waals surface area contributed by atoms with Gasteiger partial charge in [0.2, 0.25) is 5.91 Å². The first-order valence-electron chi connectivity index (χ1n) is 9.11. The molecule has 1 aliphatic heterocycles. The van der Waals surface area contributed by atoms with Gasteiger partial charge in [0.1, 0.15) is 5.92 Å². The van der Waals surface area contributed by atoms with Crippen LogP contribution >= 0.6 is 0 Å². The van der Waals surface area contributed by atoms with Crippen molar-refractivity contribution in [3.63, 3.8) is 0 Å². The highest BCUT2D eigenvalue weighted by atomic mass is 19.4. The van der Waals surface area contributed by atoms with Crippen LogP contribution in [0.25, 0.3) is 0 Å². The molecule has 2 amide bonds. The number of benzene rings is 2. The summed E-state index contributed by atoms with van der Waals surface area (Å²) in [5, 5.41) is 2.66. The Bertz CT molecular complexity index is 989. The fourth-order valence-electron chi connectivity index (χ4n) is 3.59. The van der Waals surface area contributed by atoms with Crippen molar-refractivity contribution in [2.45, 2.75) is 24.7 Å². The van der Waals surface area contributed by atoms with Crippen LogP contribution < -0.4 is 16.2 Å². The zero-order valence-electron chi connectivity index (χ0n) is 15.8. The van der Waals surface area contributed by atoms with Gasteiger partial charge in [-0.05, 0) is 30.2 Å². The third-order valence-corrected chi connectivity index (χ3v) is 5.05. The summed E-state index contributed by atoms with van der Waals surface area (Å²) in [4.78, 5) is 25.5. The summed E-state index contributed by atoms with van der Waals surface area (Å²) in [7, 11) is 0. The number of carbonyl (C=O) groups excluding carboxylic acids is 2. The minimum absolute atomic E-state index is 0.0699. The highest BCUT2D eigenvalue weighted by Gasteiger charge is 2.43. The van der Waals surface area contributed by atoms with Crippen molar-refractivity contribution >= 4 is 17.5 Å². The van der Waals surface area contributed by atoms with Gasteiger partial charge in [0.05, 0.1) is 16.8 Å². The first kappa shape index (κ1) is 22.6. The summed E-state index contributed by atoms with van der Waals surface area (Å²) < 4.78 is 79.2. The molecule has 0 spiro atoms. The third-order valence-electron chi connectivity index (χ3n) is 5.05. The molecule has 2 aromatic rings. The van der Waals surface area contributed by atoms with Crippen LogP contribution in [-0.4, -0.2) is 18.4 Å². The second-order valence-electron chi connectivity index (χ2n) is 7.01. The number of hydrazine groups is 1. The van der Waals surface area contributed by atoms with E-state index in [1.54, 1.807) is 0 Å². The van der Waals surface area contributed by atoms with Gasteiger partial charge in [0.25, 0.3) is 5.91 Å². The predicted molar refractivity (Wildman–Crippen MR) is 98.4 cm³/mol. The van der Waals surface area contributed by atoms with E-state index >= 15 is 0 Å². The van der Waals surface area contributed by atoms with Crippen molar-refractivity contribution in [3.05, 3.63) is 65.2 Å². The van der Waals surface area contributed by atoms with Gasteiger partial charge in [-0.25, -0.2) is 10.9 Å². The van der Waals surface area contributed by atoms with Gasteiger partial charge in [-0.3, -0.25) is 9.59 Å². The molecule has 1 aliphatic rings. The number of alkyl halides is 6. The van der Waals surface area contributed by atoms with Crippen molar-refractivity contribution < 1.29 is 35.9 Å². The molecule has 0 saturated carbocycles. The largest absolute Gasteiger partial charge is 0.418 e. The first-order chi connectivity index (χ1) is 14.4.